The third-order valence-electron chi connectivity index (χ3n) is 4.33. The Morgan fingerprint density at radius 2 is 1.89 bits per heavy atom. The molecule has 1 aliphatic rings. The van der Waals surface area contributed by atoms with Crippen molar-refractivity contribution < 1.29 is 0 Å². The van der Waals surface area contributed by atoms with Gasteiger partial charge in [0.1, 0.15) is 0 Å². The minimum atomic E-state index is 0.546. The maximum absolute atomic E-state index is 3.71. The zero-order valence-corrected chi connectivity index (χ0v) is 13.6. The smallest absolute Gasteiger partial charge is 0.00541 e. The van der Waals surface area contributed by atoms with E-state index in [1.807, 2.05) is 11.3 Å². The molecule has 0 aromatic carbocycles. The molecular weight excluding hydrogens is 250 g/mol. The first-order chi connectivity index (χ1) is 9.13. The maximum Gasteiger partial charge on any atom is 0.00541 e. The number of nitrogens with one attached hydrogen (secondary N) is 1. The van der Waals surface area contributed by atoms with Crippen LogP contribution in [0.1, 0.15) is 56.2 Å². The third kappa shape index (κ3) is 4.32. The van der Waals surface area contributed by atoms with E-state index in [4.69, 9.17) is 0 Å². The van der Waals surface area contributed by atoms with Crippen molar-refractivity contribution in [1.82, 2.24) is 5.32 Å². The van der Waals surface area contributed by atoms with Gasteiger partial charge in [0, 0.05) is 16.3 Å². The van der Waals surface area contributed by atoms with Gasteiger partial charge in [-0.3, -0.25) is 0 Å². The van der Waals surface area contributed by atoms with Crippen molar-refractivity contribution in [3.05, 3.63) is 21.9 Å². The van der Waals surface area contributed by atoms with Gasteiger partial charge in [0.2, 0.25) is 0 Å². The van der Waals surface area contributed by atoms with Crippen LogP contribution in [0.2, 0.25) is 0 Å². The molecule has 2 heteroatoms. The summed E-state index contributed by atoms with van der Waals surface area (Å²) in [5, 5.41) is 3.71. The molecule has 0 spiro atoms. The van der Waals surface area contributed by atoms with Crippen LogP contribution < -0.4 is 5.32 Å². The molecule has 0 atom stereocenters. The average molecular weight is 279 g/mol. The number of thiophene rings is 1. The summed E-state index contributed by atoms with van der Waals surface area (Å²) in [6, 6.07) is 4.69. The standard InChI is InChI=1S/C17H29NS/c1-4-15-7-8-16(19-15)11-17(9-5-6-10-17)13-18-12-14(2)3/h7-8,14,18H,4-6,9-13H2,1-3H3. The Labute approximate surface area is 122 Å². The molecule has 0 unspecified atom stereocenters. The summed E-state index contributed by atoms with van der Waals surface area (Å²) in [5.74, 6) is 0.756. The molecule has 1 aromatic rings. The first-order valence-electron chi connectivity index (χ1n) is 7.92. The summed E-state index contributed by atoms with van der Waals surface area (Å²) in [5.41, 5.74) is 0.546. The van der Waals surface area contributed by atoms with E-state index in [1.165, 1.54) is 45.1 Å². The summed E-state index contributed by atoms with van der Waals surface area (Å²) < 4.78 is 0. The Kier molecular flexibility index (Phi) is 5.47. The highest BCUT2D eigenvalue weighted by Crippen LogP contribution is 2.41. The van der Waals surface area contributed by atoms with Crippen molar-refractivity contribution in [3.63, 3.8) is 0 Å². The van der Waals surface area contributed by atoms with E-state index in [-0.39, 0.29) is 0 Å². The van der Waals surface area contributed by atoms with Gasteiger partial charge in [0.15, 0.2) is 0 Å². The average Bonchev–Trinajstić information content (AvgIpc) is 2.99. The Hall–Kier alpha value is -0.340. The van der Waals surface area contributed by atoms with Crippen LogP contribution in [-0.4, -0.2) is 13.1 Å². The summed E-state index contributed by atoms with van der Waals surface area (Å²) in [4.78, 5) is 3.14. The molecule has 0 radical (unpaired) electrons. The second-order valence-electron chi connectivity index (χ2n) is 6.63. The van der Waals surface area contributed by atoms with Gasteiger partial charge in [-0.25, -0.2) is 0 Å². The van der Waals surface area contributed by atoms with E-state index in [0.717, 1.165) is 12.5 Å². The van der Waals surface area contributed by atoms with E-state index in [1.54, 1.807) is 9.75 Å². The Balaban J connectivity index is 1.94. The van der Waals surface area contributed by atoms with Crippen LogP contribution >= 0.6 is 11.3 Å². The van der Waals surface area contributed by atoms with E-state index < -0.39 is 0 Å². The first kappa shape index (κ1) is 15.1. The summed E-state index contributed by atoms with van der Waals surface area (Å²) in [7, 11) is 0. The molecule has 1 N–H and O–H groups in total. The van der Waals surface area contributed by atoms with E-state index in [2.05, 4.69) is 38.2 Å². The Bertz CT molecular complexity index is 374. The number of aryl methyl sites for hydroxylation is 1. The fraction of sp³-hybridized carbons (Fsp3) is 0.765. The highest BCUT2D eigenvalue weighted by atomic mass is 32.1. The van der Waals surface area contributed by atoms with E-state index in [0.29, 0.717) is 5.41 Å². The van der Waals surface area contributed by atoms with Crippen LogP contribution in [0, 0.1) is 11.3 Å². The van der Waals surface area contributed by atoms with Gasteiger partial charge in [-0.2, -0.15) is 0 Å². The second-order valence-corrected chi connectivity index (χ2v) is 7.88. The minimum Gasteiger partial charge on any atom is -0.316 e. The SMILES string of the molecule is CCc1ccc(CC2(CNCC(C)C)CCCC2)s1. The highest BCUT2D eigenvalue weighted by molar-refractivity contribution is 7.11. The molecule has 1 fully saturated rings. The topological polar surface area (TPSA) is 12.0 Å². The maximum atomic E-state index is 3.71. The molecule has 0 amide bonds. The summed E-state index contributed by atoms with van der Waals surface area (Å²) in [6.45, 7) is 9.21. The molecule has 108 valence electrons. The van der Waals surface area contributed by atoms with Gasteiger partial charge in [-0.05, 0) is 55.7 Å². The summed E-state index contributed by atoms with van der Waals surface area (Å²) in [6.07, 6.45) is 8.16. The van der Waals surface area contributed by atoms with Crippen molar-refractivity contribution in [2.45, 2.75) is 59.3 Å². The van der Waals surface area contributed by atoms with Gasteiger partial charge in [0.05, 0.1) is 0 Å². The van der Waals surface area contributed by atoms with Crippen LogP contribution in [0.25, 0.3) is 0 Å². The van der Waals surface area contributed by atoms with Crippen LogP contribution in [-0.2, 0) is 12.8 Å². The fourth-order valence-corrected chi connectivity index (χ4v) is 4.38. The molecule has 19 heavy (non-hydrogen) atoms. The molecule has 1 nitrogen and oxygen atoms in total. The molecule has 0 saturated heterocycles. The van der Waals surface area contributed by atoms with Gasteiger partial charge < -0.3 is 5.32 Å². The largest absolute Gasteiger partial charge is 0.316 e. The van der Waals surface area contributed by atoms with Crippen molar-refractivity contribution >= 4 is 11.3 Å². The summed E-state index contributed by atoms with van der Waals surface area (Å²) >= 11 is 2.03. The molecule has 0 bridgehead atoms. The first-order valence-corrected chi connectivity index (χ1v) is 8.73. The quantitative estimate of drug-likeness (QED) is 0.765. The van der Waals surface area contributed by atoms with E-state index in [9.17, 15) is 0 Å². The van der Waals surface area contributed by atoms with Crippen LogP contribution in [0.3, 0.4) is 0 Å². The zero-order valence-electron chi connectivity index (χ0n) is 12.8. The van der Waals surface area contributed by atoms with Crippen molar-refractivity contribution in [2.75, 3.05) is 13.1 Å². The monoisotopic (exact) mass is 279 g/mol. The van der Waals surface area contributed by atoms with Gasteiger partial charge in [0.25, 0.3) is 0 Å². The lowest BCUT2D eigenvalue weighted by Crippen LogP contribution is -2.35. The molecular formula is C17H29NS. The third-order valence-corrected chi connectivity index (χ3v) is 5.56. The highest BCUT2D eigenvalue weighted by Gasteiger charge is 2.33. The Morgan fingerprint density at radius 3 is 2.47 bits per heavy atom. The van der Waals surface area contributed by atoms with Crippen molar-refractivity contribution in [3.8, 4) is 0 Å². The van der Waals surface area contributed by atoms with Gasteiger partial charge in [-0.15, -0.1) is 11.3 Å². The van der Waals surface area contributed by atoms with Crippen LogP contribution in [0.4, 0.5) is 0 Å². The minimum absolute atomic E-state index is 0.546. The van der Waals surface area contributed by atoms with Crippen molar-refractivity contribution in [1.29, 1.82) is 0 Å². The fourth-order valence-electron chi connectivity index (χ4n) is 3.24. The lowest BCUT2D eigenvalue weighted by molar-refractivity contribution is 0.275. The molecule has 1 aliphatic carbocycles. The lowest BCUT2D eigenvalue weighted by atomic mass is 9.82. The van der Waals surface area contributed by atoms with Gasteiger partial charge >= 0.3 is 0 Å². The number of hydrogen-bond donors (Lipinski definition) is 1. The zero-order chi connectivity index (χ0) is 13.7. The predicted molar refractivity (Wildman–Crippen MR) is 86.0 cm³/mol. The molecule has 1 saturated carbocycles. The normalized spacial score (nSPS) is 18.3. The van der Waals surface area contributed by atoms with Gasteiger partial charge in [-0.1, -0.05) is 33.6 Å². The van der Waals surface area contributed by atoms with Crippen LogP contribution in [0.5, 0.6) is 0 Å². The predicted octanol–water partition coefficient (Wildman–Crippen LogP) is 4.66. The number of hydrogen-bond acceptors (Lipinski definition) is 2. The van der Waals surface area contributed by atoms with Crippen LogP contribution in [0.15, 0.2) is 12.1 Å². The molecule has 0 aliphatic heterocycles. The lowest BCUT2D eigenvalue weighted by Gasteiger charge is -2.29. The molecule has 1 aromatic heterocycles. The second kappa shape index (κ2) is 6.90. The van der Waals surface area contributed by atoms with E-state index >= 15 is 0 Å². The number of rotatable bonds is 7. The van der Waals surface area contributed by atoms with Crippen molar-refractivity contribution in [2.24, 2.45) is 11.3 Å². The Morgan fingerprint density at radius 1 is 1.21 bits per heavy atom. The molecule has 2 rings (SSSR count). The molecule has 1 heterocycles.